The number of benzene rings is 8. The van der Waals surface area contributed by atoms with E-state index >= 15 is 0 Å². The average molecular weight is 693 g/mol. The van der Waals surface area contributed by atoms with Gasteiger partial charge in [-0.25, -0.2) is 0 Å². The van der Waals surface area contributed by atoms with Gasteiger partial charge in [0.2, 0.25) is 0 Å². The third-order valence-electron chi connectivity index (χ3n) is 12.1. The fourth-order valence-electron chi connectivity index (χ4n) is 10.1. The molecule has 10 rings (SSSR count). The summed E-state index contributed by atoms with van der Waals surface area (Å²) in [5.74, 6) is 0. The van der Waals surface area contributed by atoms with Crippen LogP contribution in [0.25, 0.3) is 56.0 Å². The molecule has 0 heterocycles. The largest absolute Gasteiger partial charge is 0.140 e. The van der Waals surface area contributed by atoms with Crippen LogP contribution in [0.2, 0.25) is 0 Å². The van der Waals surface area contributed by atoms with Crippen LogP contribution < -0.4 is 10.4 Å². The number of hydrogen-bond donors (Lipinski definition) is 0. The minimum absolute atomic E-state index is 0.234. The van der Waals surface area contributed by atoms with Gasteiger partial charge in [-0.1, -0.05) is 216 Å². The number of hydrogen-bond acceptors (Lipinski definition) is 0. The second-order valence-corrected chi connectivity index (χ2v) is 19.0. The Hall–Kier alpha value is -6.02. The van der Waals surface area contributed by atoms with Crippen molar-refractivity contribution in [3.05, 3.63) is 215 Å². The van der Waals surface area contributed by atoms with Crippen LogP contribution in [0.1, 0.15) is 47.2 Å². The fourth-order valence-corrected chi connectivity index (χ4v) is 16.7. The molecule has 0 amide bonds. The van der Waals surface area contributed by atoms with Crippen molar-refractivity contribution in [2.24, 2.45) is 0 Å². The first kappa shape index (κ1) is 31.7. The van der Waals surface area contributed by atoms with E-state index in [1.54, 1.807) is 0 Å². The smallest absolute Gasteiger partial charge is 0.0672 e. The Morgan fingerprint density at radius 2 is 0.698 bits per heavy atom. The van der Waals surface area contributed by atoms with Gasteiger partial charge < -0.3 is 0 Å². The Balaban J connectivity index is 1.26. The first-order chi connectivity index (χ1) is 26.1. The quantitative estimate of drug-likeness (QED) is 0.152. The summed E-state index contributed by atoms with van der Waals surface area (Å²) in [6.07, 6.45) is 5.07. The van der Waals surface area contributed by atoms with Gasteiger partial charge in [0.05, 0.1) is 0 Å². The SMILES string of the molecule is CC1=Cc2c(-c3cccc4ccccc34)cccc2C1[Si](c1ccccc1)(c1ccccc1)C1C(C)=Cc2c(-c3cccc4ccccc34)cccc21. The molecule has 8 aromatic carbocycles. The summed E-state index contributed by atoms with van der Waals surface area (Å²) in [4.78, 5) is 0. The Bertz CT molecular complexity index is 2550. The third-order valence-corrected chi connectivity index (χ3v) is 18.1. The molecule has 2 atom stereocenters. The summed E-state index contributed by atoms with van der Waals surface area (Å²) in [6, 6.07) is 68.5. The van der Waals surface area contributed by atoms with Gasteiger partial charge in [-0.15, -0.1) is 0 Å². The topological polar surface area (TPSA) is 0 Å². The molecule has 53 heavy (non-hydrogen) atoms. The molecule has 0 aliphatic heterocycles. The van der Waals surface area contributed by atoms with E-state index in [1.165, 1.54) is 87.6 Å². The Kier molecular flexibility index (Phi) is 7.52. The van der Waals surface area contributed by atoms with Crippen LogP contribution in [0, 0.1) is 0 Å². The van der Waals surface area contributed by atoms with E-state index in [0.717, 1.165) is 0 Å². The minimum Gasteiger partial charge on any atom is -0.0672 e. The van der Waals surface area contributed by atoms with Gasteiger partial charge in [-0.3, -0.25) is 0 Å². The second kappa shape index (κ2) is 12.6. The highest BCUT2D eigenvalue weighted by molar-refractivity contribution is 7.05. The first-order valence-electron chi connectivity index (χ1n) is 18.8. The number of fused-ring (bicyclic) bond motifs is 4. The zero-order valence-electron chi connectivity index (χ0n) is 30.1. The summed E-state index contributed by atoms with van der Waals surface area (Å²) in [6.45, 7) is 4.82. The summed E-state index contributed by atoms with van der Waals surface area (Å²) in [7, 11) is -2.80. The van der Waals surface area contributed by atoms with E-state index in [-0.39, 0.29) is 11.1 Å². The summed E-state index contributed by atoms with van der Waals surface area (Å²) in [5, 5.41) is 8.12. The second-order valence-electron chi connectivity index (χ2n) is 14.9. The maximum Gasteiger partial charge on any atom is 0.140 e. The van der Waals surface area contributed by atoms with Crippen molar-refractivity contribution in [2.75, 3.05) is 0 Å². The van der Waals surface area contributed by atoms with Crippen LogP contribution in [0.3, 0.4) is 0 Å². The highest BCUT2D eigenvalue weighted by Crippen LogP contribution is 2.54. The van der Waals surface area contributed by atoms with E-state index in [2.05, 4.69) is 208 Å². The fraction of sp³-hybridized carbons (Fsp3) is 0.0769. The van der Waals surface area contributed by atoms with Crippen molar-refractivity contribution in [1.29, 1.82) is 0 Å². The van der Waals surface area contributed by atoms with Crippen LogP contribution in [0.5, 0.6) is 0 Å². The van der Waals surface area contributed by atoms with E-state index in [0.29, 0.717) is 0 Å². The van der Waals surface area contributed by atoms with Crippen LogP contribution in [0.4, 0.5) is 0 Å². The predicted molar refractivity (Wildman–Crippen MR) is 229 cm³/mol. The monoisotopic (exact) mass is 692 g/mol. The van der Waals surface area contributed by atoms with Gasteiger partial charge in [0.25, 0.3) is 0 Å². The molecule has 0 fully saturated rings. The van der Waals surface area contributed by atoms with Gasteiger partial charge in [0.15, 0.2) is 0 Å². The molecule has 0 spiro atoms. The van der Waals surface area contributed by atoms with E-state index < -0.39 is 8.07 Å². The molecule has 0 aromatic heterocycles. The van der Waals surface area contributed by atoms with E-state index in [9.17, 15) is 0 Å². The maximum absolute atomic E-state index is 2.80. The van der Waals surface area contributed by atoms with E-state index in [4.69, 9.17) is 0 Å². The molecule has 8 aromatic rings. The van der Waals surface area contributed by atoms with Gasteiger partial charge in [-0.2, -0.15) is 0 Å². The van der Waals surface area contributed by atoms with Crippen LogP contribution in [-0.4, -0.2) is 8.07 Å². The van der Waals surface area contributed by atoms with Crippen molar-refractivity contribution in [3.8, 4) is 22.3 Å². The van der Waals surface area contributed by atoms with Crippen LogP contribution in [-0.2, 0) is 0 Å². The van der Waals surface area contributed by atoms with Crippen molar-refractivity contribution in [1.82, 2.24) is 0 Å². The zero-order valence-corrected chi connectivity index (χ0v) is 31.1. The van der Waals surface area contributed by atoms with Gasteiger partial charge in [-0.05, 0) is 79.9 Å². The molecule has 0 saturated carbocycles. The Morgan fingerprint density at radius 3 is 1.15 bits per heavy atom. The molecule has 2 aliphatic carbocycles. The van der Waals surface area contributed by atoms with Gasteiger partial charge >= 0.3 is 0 Å². The molecular weight excluding hydrogens is 653 g/mol. The van der Waals surface area contributed by atoms with Crippen LogP contribution >= 0.6 is 0 Å². The molecule has 0 radical (unpaired) electrons. The summed E-state index contributed by atoms with van der Waals surface area (Å²) < 4.78 is 0. The maximum atomic E-state index is 2.53. The molecule has 0 nitrogen and oxygen atoms in total. The van der Waals surface area contributed by atoms with Gasteiger partial charge in [0, 0.05) is 11.1 Å². The molecule has 252 valence electrons. The standard InChI is InChI=1S/C52H40Si/c1-35-33-49-45(43-27-13-19-37-17-9-11-25-41(37)43)29-15-31-47(49)51(35)53(39-21-5-3-6-22-39,40-23-7-4-8-24-40)52-36(2)34-50-46(30-16-32-48(50)52)44-28-14-20-38-18-10-12-26-42(38)44/h3-34,51-52H,1-2H3. The highest BCUT2D eigenvalue weighted by atomic mass is 28.3. The lowest BCUT2D eigenvalue weighted by Crippen LogP contribution is -2.67. The number of rotatable bonds is 6. The van der Waals surface area contributed by atoms with Crippen LogP contribution in [0.15, 0.2) is 193 Å². The van der Waals surface area contributed by atoms with Crippen molar-refractivity contribution >= 4 is 52.1 Å². The summed E-state index contributed by atoms with van der Waals surface area (Å²) in [5.41, 5.74) is 14.3. The molecule has 0 N–H and O–H groups in total. The lowest BCUT2D eigenvalue weighted by atomic mass is 9.93. The summed E-state index contributed by atoms with van der Waals surface area (Å²) >= 11 is 0. The minimum atomic E-state index is -2.80. The van der Waals surface area contributed by atoms with Gasteiger partial charge in [0.1, 0.15) is 8.07 Å². The molecule has 1 heteroatoms. The van der Waals surface area contributed by atoms with E-state index in [1.807, 2.05) is 0 Å². The zero-order chi connectivity index (χ0) is 35.5. The average Bonchev–Trinajstić information content (AvgIpc) is 3.74. The predicted octanol–water partition coefficient (Wildman–Crippen LogP) is 12.4. The van der Waals surface area contributed by atoms with Crippen molar-refractivity contribution < 1.29 is 0 Å². The Labute approximate surface area is 313 Å². The molecule has 0 bridgehead atoms. The molecule has 2 aliphatic rings. The van der Waals surface area contributed by atoms with Crippen molar-refractivity contribution in [2.45, 2.75) is 24.9 Å². The van der Waals surface area contributed by atoms with Crippen molar-refractivity contribution in [3.63, 3.8) is 0 Å². The number of allylic oxidation sites excluding steroid dienone is 2. The molecular formula is C52H40Si. The third kappa shape index (κ3) is 4.81. The first-order valence-corrected chi connectivity index (χ1v) is 21.0. The Morgan fingerprint density at radius 1 is 0.340 bits per heavy atom. The normalized spacial score (nSPS) is 16.3. The lowest BCUT2D eigenvalue weighted by molar-refractivity contribution is 0.991. The molecule has 0 saturated heterocycles. The highest BCUT2D eigenvalue weighted by Gasteiger charge is 2.56. The molecule has 2 unspecified atom stereocenters. The lowest BCUT2D eigenvalue weighted by Gasteiger charge is -2.45.